The monoisotopic (exact) mass is 258 g/mol. The second kappa shape index (κ2) is 5.60. The molecule has 1 atom stereocenters. The molecule has 1 fully saturated rings. The van der Waals surface area contributed by atoms with Crippen LogP contribution in [-0.4, -0.2) is 37.5 Å². The Morgan fingerprint density at radius 3 is 2.61 bits per heavy atom. The van der Waals surface area contributed by atoms with Crippen molar-refractivity contribution in [2.45, 2.75) is 12.6 Å². The van der Waals surface area contributed by atoms with Crippen molar-refractivity contribution in [3.63, 3.8) is 0 Å². The van der Waals surface area contributed by atoms with Gasteiger partial charge in [-0.15, -0.1) is 0 Å². The summed E-state index contributed by atoms with van der Waals surface area (Å²) >= 11 is 0. The van der Waals surface area contributed by atoms with Crippen LogP contribution in [-0.2, 0) is 11.3 Å². The first-order valence-corrected chi connectivity index (χ1v) is 5.81. The lowest BCUT2D eigenvalue weighted by atomic mass is 10.1. The molecule has 1 aliphatic rings. The number of hydrogen-bond acceptors (Lipinski definition) is 4. The van der Waals surface area contributed by atoms with Gasteiger partial charge in [0.2, 0.25) is 0 Å². The number of hydrogen-bond donors (Lipinski definition) is 2. The highest BCUT2D eigenvalue weighted by Gasteiger charge is 2.24. The fourth-order valence-electron chi connectivity index (χ4n) is 2.07. The van der Waals surface area contributed by atoms with E-state index in [0.717, 1.165) is 0 Å². The molecule has 1 aromatic carbocycles. The molecule has 0 radical (unpaired) electrons. The third-order valence-corrected chi connectivity index (χ3v) is 2.97. The van der Waals surface area contributed by atoms with Crippen LogP contribution in [0.4, 0.5) is 14.5 Å². The number of ether oxygens (including phenoxy) is 1. The standard InChI is InChI=1S/C12H16F2N2O2/c13-10-3-8(5-15)4-11(14)12(10)16-1-2-18-9(6-16)7-17/h3-4,9,17H,1-2,5-7,15H2. The molecule has 0 spiro atoms. The van der Waals surface area contributed by atoms with E-state index in [-0.39, 0.29) is 25.4 Å². The maximum atomic E-state index is 13.9. The summed E-state index contributed by atoms with van der Waals surface area (Å²) in [5, 5.41) is 9.02. The van der Waals surface area contributed by atoms with E-state index in [9.17, 15) is 8.78 Å². The van der Waals surface area contributed by atoms with Crippen molar-refractivity contribution < 1.29 is 18.6 Å². The smallest absolute Gasteiger partial charge is 0.149 e. The van der Waals surface area contributed by atoms with Gasteiger partial charge in [-0.3, -0.25) is 0 Å². The van der Waals surface area contributed by atoms with Crippen molar-refractivity contribution in [2.75, 3.05) is 31.2 Å². The summed E-state index contributed by atoms with van der Waals surface area (Å²) in [7, 11) is 0. The zero-order chi connectivity index (χ0) is 13.1. The maximum absolute atomic E-state index is 13.9. The predicted molar refractivity (Wildman–Crippen MR) is 63.3 cm³/mol. The minimum absolute atomic E-state index is 0.0750. The number of nitrogens with zero attached hydrogens (tertiary/aromatic N) is 1. The summed E-state index contributed by atoms with van der Waals surface area (Å²) in [5.74, 6) is -1.26. The highest BCUT2D eigenvalue weighted by atomic mass is 19.1. The number of morpholine rings is 1. The summed E-state index contributed by atoms with van der Waals surface area (Å²) in [6.07, 6.45) is -0.410. The normalized spacial score (nSPS) is 20.2. The average Bonchev–Trinajstić information content (AvgIpc) is 2.38. The average molecular weight is 258 g/mol. The Bertz CT molecular complexity index is 406. The largest absolute Gasteiger partial charge is 0.394 e. The Labute approximate surface area is 104 Å². The molecule has 2 rings (SSSR count). The van der Waals surface area contributed by atoms with Crippen LogP contribution in [0.25, 0.3) is 0 Å². The van der Waals surface area contributed by atoms with Gasteiger partial charge in [-0.1, -0.05) is 0 Å². The number of benzene rings is 1. The number of nitrogens with two attached hydrogens (primary N) is 1. The van der Waals surface area contributed by atoms with Crippen LogP contribution >= 0.6 is 0 Å². The van der Waals surface area contributed by atoms with Crippen molar-refractivity contribution in [3.05, 3.63) is 29.3 Å². The first kappa shape index (κ1) is 13.2. The minimum Gasteiger partial charge on any atom is -0.394 e. The molecular formula is C12H16F2N2O2. The zero-order valence-corrected chi connectivity index (χ0v) is 9.90. The molecular weight excluding hydrogens is 242 g/mol. The lowest BCUT2D eigenvalue weighted by Crippen LogP contribution is -2.44. The predicted octanol–water partition coefficient (Wildman–Crippen LogP) is 0.621. The Balaban J connectivity index is 2.27. The van der Waals surface area contributed by atoms with E-state index in [2.05, 4.69) is 0 Å². The SMILES string of the molecule is NCc1cc(F)c(N2CCOC(CO)C2)c(F)c1. The molecule has 1 unspecified atom stereocenters. The van der Waals surface area contributed by atoms with Gasteiger partial charge >= 0.3 is 0 Å². The number of aliphatic hydroxyl groups excluding tert-OH is 1. The van der Waals surface area contributed by atoms with Crippen molar-refractivity contribution in [2.24, 2.45) is 5.73 Å². The van der Waals surface area contributed by atoms with Gasteiger partial charge in [0.25, 0.3) is 0 Å². The second-order valence-corrected chi connectivity index (χ2v) is 4.23. The number of halogens is 2. The second-order valence-electron chi connectivity index (χ2n) is 4.23. The molecule has 1 aliphatic heterocycles. The molecule has 6 heteroatoms. The van der Waals surface area contributed by atoms with E-state index in [0.29, 0.717) is 18.7 Å². The molecule has 1 heterocycles. The van der Waals surface area contributed by atoms with E-state index in [1.165, 1.54) is 12.1 Å². The number of anilines is 1. The van der Waals surface area contributed by atoms with Crippen LogP contribution in [0.5, 0.6) is 0 Å². The van der Waals surface area contributed by atoms with Gasteiger partial charge in [0, 0.05) is 19.6 Å². The zero-order valence-electron chi connectivity index (χ0n) is 9.90. The van der Waals surface area contributed by atoms with E-state index >= 15 is 0 Å². The van der Waals surface area contributed by atoms with Crippen molar-refractivity contribution in [1.29, 1.82) is 0 Å². The van der Waals surface area contributed by atoms with Crippen LogP contribution in [0, 0.1) is 11.6 Å². The first-order valence-electron chi connectivity index (χ1n) is 5.81. The summed E-state index contributed by atoms with van der Waals surface area (Å²) in [6, 6.07) is 2.48. The Hall–Kier alpha value is -1.24. The van der Waals surface area contributed by atoms with E-state index in [1.54, 1.807) is 4.90 Å². The van der Waals surface area contributed by atoms with E-state index in [4.69, 9.17) is 15.6 Å². The molecule has 4 nitrogen and oxygen atoms in total. The summed E-state index contributed by atoms with van der Waals surface area (Å²) in [5.41, 5.74) is 5.70. The van der Waals surface area contributed by atoms with Gasteiger partial charge in [-0.2, -0.15) is 0 Å². The maximum Gasteiger partial charge on any atom is 0.149 e. The molecule has 100 valence electrons. The van der Waals surface area contributed by atoms with Gasteiger partial charge in [0.1, 0.15) is 17.3 Å². The topological polar surface area (TPSA) is 58.7 Å². The lowest BCUT2D eigenvalue weighted by molar-refractivity contribution is 0.00323. The molecule has 0 aromatic heterocycles. The van der Waals surface area contributed by atoms with Crippen LogP contribution in [0.3, 0.4) is 0 Å². The minimum atomic E-state index is -0.631. The summed E-state index contributed by atoms with van der Waals surface area (Å²) in [6.45, 7) is 0.929. The number of aliphatic hydroxyl groups is 1. The van der Waals surface area contributed by atoms with Crippen LogP contribution in [0.1, 0.15) is 5.56 Å². The fourth-order valence-corrected chi connectivity index (χ4v) is 2.07. The van der Waals surface area contributed by atoms with Gasteiger partial charge in [0.15, 0.2) is 0 Å². The molecule has 0 saturated carbocycles. The van der Waals surface area contributed by atoms with Gasteiger partial charge in [-0.05, 0) is 17.7 Å². The summed E-state index contributed by atoms with van der Waals surface area (Å²) in [4.78, 5) is 1.55. The van der Waals surface area contributed by atoms with E-state index in [1.807, 2.05) is 0 Å². The summed E-state index contributed by atoms with van der Waals surface area (Å²) < 4.78 is 33.0. The molecule has 0 amide bonds. The molecule has 0 bridgehead atoms. The molecule has 0 aliphatic carbocycles. The third kappa shape index (κ3) is 2.60. The molecule has 3 N–H and O–H groups in total. The third-order valence-electron chi connectivity index (χ3n) is 2.97. The molecule has 1 aromatic rings. The fraction of sp³-hybridized carbons (Fsp3) is 0.500. The van der Waals surface area contributed by atoms with Crippen LogP contribution < -0.4 is 10.6 Å². The Morgan fingerprint density at radius 2 is 2.06 bits per heavy atom. The highest BCUT2D eigenvalue weighted by molar-refractivity contribution is 5.51. The highest BCUT2D eigenvalue weighted by Crippen LogP contribution is 2.26. The van der Waals surface area contributed by atoms with Gasteiger partial charge < -0.3 is 20.5 Å². The van der Waals surface area contributed by atoms with Crippen LogP contribution in [0.2, 0.25) is 0 Å². The van der Waals surface area contributed by atoms with Crippen molar-refractivity contribution in [3.8, 4) is 0 Å². The molecule has 1 saturated heterocycles. The van der Waals surface area contributed by atoms with Gasteiger partial charge in [0.05, 0.1) is 19.3 Å². The van der Waals surface area contributed by atoms with Gasteiger partial charge in [-0.25, -0.2) is 8.78 Å². The van der Waals surface area contributed by atoms with Crippen molar-refractivity contribution in [1.82, 2.24) is 0 Å². The quantitative estimate of drug-likeness (QED) is 0.834. The Kier molecular flexibility index (Phi) is 4.11. The Morgan fingerprint density at radius 1 is 1.39 bits per heavy atom. The lowest BCUT2D eigenvalue weighted by Gasteiger charge is -2.34. The van der Waals surface area contributed by atoms with Crippen LogP contribution in [0.15, 0.2) is 12.1 Å². The van der Waals surface area contributed by atoms with E-state index < -0.39 is 17.7 Å². The van der Waals surface area contributed by atoms with Crippen molar-refractivity contribution >= 4 is 5.69 Å². The molecule has 18 heavy (non-hydrogen) atoms. The number of rotatable bonds is 3. The first-order chi connectivity index (χ1) is 8.65.